The molecular formula is C22H29IN6. The second-order valence-electron chi connectivity index (χ2n) is 7.48. The minimum atomic E-state index is 0. The number of nitrogens with zero attached hydrogens (tertiary/aromatic N) is 4. The Kier molecular flexibility index (Phi) is 7.85. The summed E-state index contributed by atoms with van der Waals surface area (Å²) in [5, 5.41) is 15.3. The number of rotatable bonds is 5. The average Bonchev–Trinajstić information content (AvgIpc) is 3.18. The van der Waals surface area contributed by atoms with Crippen LogP contribution in [0.3, 0.4) is 0 Å². The van der Waals surface area contributed by atoms with E-state index < -0.39 is 0 Å². The highest BCUT2D eigenvalue weighted by atomic mass is 127. The predicted molar refractivity (Wildman–Crippen MR) is 128 cm³/mol. The van der Waals surface area contributed by atoms with Gasteiger partial charge in [0.15, 0.2) is 17.4 Å². The van der Waals surface area contributed by atoms with Crippen LogP contribution in [0.5, 0.6) is 0 Å². The van der Waals surface area contributed by atoms with Gasteiger partial charge in [-0.1, -0.05) is 36.4 Å². The molecule has 29 heavy (non-hydrogen) atoms. The van der Waals surface area contributed by atoms with Crippen molar-refractivity contribution in [2.24, 2.45) is 10.9 Å². The molecule has 1 aliphatic carbocycles. The topological polar surface area (TPSA) is 66.6 Å². The van der Waals surface area contributed by atoms with Crippen LogP contribution in [0, 0.1) is 5.92 Å². The molecule has 0 spiro atoms. The van der Waals surface area contributed by atoms with Gasteiger partial charge in [0.05, 0.1) is 6.54 Å². The lowest BCUT2D eigenvalue weighted by molar-refractivity contribution is 0.324. The molecule has 0 aliphatic heterocycles. The molecule has 0 radical (unpaired) electrons. The first kappa shape index (κ1) is 21.5. The van der Waals surface area contributed by atoms with Crippen LogP contribution in [0.4, 0.5) is 0 Å². The quantitative estimate of drug-likeness (QED) is 0.314. The number of halogens is 1. The zero-order chi connectivity index (χ0) is 19.2. The van der Waals surface area contributed by atoms with E-state index >= 15 is 0 Å². The van der Waals surface area contributed by atoms with Crippen LogP contribution in [0.25, 0.3) is 5.65 Å². The summed E-state index contributed by atoms with van der Waals surface area (Å²) in [6.45, 7) is 1.55. The Morgan fingerprint density at radius 2 is 1.76 bits per heavy atom. The van der Waals surface area contributed by atoms with E-state index in [1.54, 1.807) is 0 Å². The van der Waals surface area contributed by atoms with E-state index in [0.29, 0.717) is 12.5 Å². The summed E-state index contributed by atoms with van der Waals surface area (Å²) in [7, 11) is 1.81. The first-order chi connectivity index (χ1) is 13.8. The van der Waals surface area contributed by atoms with Crippen molar-refractivity contribution >= 4 is 35.6 Å². The number of pyridine rings is 1. The Hall–Kier alpha value is -2.16. The number of hydrogen-bond donors (Lipinski definition) is 2. The number of benzene rings is 1. The molecule has 1 aromatic carbocycles. The normalized spacial score (nSPS) is 19.6. The molecule has 1 saturated carbocycles. The Labute approximate surface area is 189 Å². The van der Waals surface area contributed by atoms with Gasteiger partial charge in [-0.15, -0.1) is 34.2 Å². The van der Waals surface area contributed by atoms with E-state index in [1.807, 2.05) is 35.8 Å². The lowest BCUT2D eigenvalue weighted by atomic mass is 9.79. The second kappa shape index (κ2) is 10.6. The van der Waals surface area contributed by atoms with Gasteiger partial charge in [0, 0.05) is 19.8 Å². The highest BCUT2D eigenvalue weighted by Gasteiger charge is 2.22. The van der Waals surface area contributed by atoms with E-state index in [4.69, 9.17) is 0 Å². The Balaban J connectivity index is 0.00000240. The third kappa shape index (κ3) is 5.46. The molecule has 6 nitrogen and oxygen atoms in total. The van der Waals surface area contributed by atoms with E-state index in [0.717, 1.165) is 29.9 Å². The zero-order valence-electron chi connectivity index (χ0n) is 16.8. The van der Waals surface area contributed by atoms with Crippen LogP contribution < -0.4 is 10.6 Å². The summed E-state index contributed by atoms with van der Waals surface area (Å²) >= 11 is 0. The number of aromatic nitrogens is 3. The summed E-state index contributed by atoms with van der Waals surface area (Å²) in [5.41, 5.74) is 2.35. The Bertz CT molecular complexity index is 915. The van der Waals surface area contributed by atoms with E-state index in [-0.39, 0.29) is 24.0 Å². The van der Waals surface area contributed by atoms with Gasteiger partial charge >= 0.3 is 0 Å². The van der Waals surface area contributed by atoms with Gasteiger partial charge in [-0.25, -0.2) is 0 Å². The molecule has 0 bridgehead atoms. The molecule has 7 heteroatoms. The third-order valence-corrected chi connectivity index (χ3v) is 5.70. The van der Waals surface area contributed by atoms with Gasteiger partial charge in [-0.3, -0.25) is 9.39 Å². The molecule has 1 aliphatic rings. The highest BCUT2D eigenvalue weighted by Crippen LogP contribution is 2.35. The highest BCUT2D eigenvalue weighted by molar-refractivity contribution is 14.0. The summed E-state index contributed by atoms with van der Waals surface area (Å²) < 4.78 is 1.99. The SMILES string of the molecule is CN=C(NCc1nnc2ccccn12)NCC1CCC(c2ccccc2)CC1.I. The molecule has 1 fully saturated rings. The van der Waals surface area contributed by atoms with Crippen molar-refractivity contribution in [3.63, 3.8) is 0 Å². The lowest BCUT2D eigenvalue weighted by Crippen LogP contribution is -2.40. The van der Waals surface area contributed by atoms with Crippen LogP contribution in [-0.2, 0) is 6.54 Å². The van der Waals surface area contributed by atoms with Crippen molar-refractivity contribution < 1.29 is 0 Å². The summed E-state index contributed by atoms with van der Waals surface area (Å²) in [6, 6.07) is 16.8. The number of hydrogen-bond acceptors (Lipinski definition) is 3. The summed E-state index contributed by atoms with van der Waals surface area (Å²) in [5.74, 6) is 3.11. The second-order valence-corrected chi connectivity index (χ2v) is 7.48. The van der Waals surface area contributed by atoms with E-state index in [2.05, 4.69) is 56.2 Å². The fourth-order valence-corrected chi connectivity index (χ4v) is 4.06. The number of nitrogens with one attached hydrogen (secondary N) is 2. The maximum atomic E-state index is 4.35. The van der Waals surface area contributed by atoms with Crippen molar-refractivity contribution in [1.82, 2.24) is 25.2 Å². The molecule has 0 unspecified atom stereocenters. The van der Waals surface area contributed by atoms with Crippen LogP contribution in [0.1, 0.15) is 43.0 Å². The van der Waals surface area contributed by atoms with Crippen molar-refractivity contribution in [3.05, 3.63) is 66.1 Å². The van der Waals surface area contributed by atoms with Crippen molar-refractivity contribution in [3.8, 4) is 0 Å². The van der Waals surface area contributed by atoms with Crippen LogP contribution >= 0.6 is 24.0 Å². The van der Waals surface area contributed by atoms with Gasteiger partial charge in [0.1, 0.15) is 0 Å². The van der Waals surface area contributed by atoms with Gasteiger partial charge in [0.2, 0.25) is 0 Å². The van der Waals surface area contributed by atoms with E-state index in [9.17, 15) is 0 Å². The average molecular weight is 504 g/mol. The molecule has 2 aromatic heterocycles. The van der Waals surface area contributed by atoms with Gasteiger partial charge in [-0.2, -0.15) is 0 Å². The largest absolute Gasteiger partial charge is 0.356 e. The monoisotopic (exact) mass is 504 g/mol. The van der Waals surface area contributed by atoms with Crippen molar-refractivity contribution in [2.75, 3.05) is 13.6 Å². The first-order valence-electron chi connectivity index (χ1n) is 10.1. The number of fused-ring (bicyclic) bond motifs is 1. The van der Waals surface area contributed by atoms with Gasteiger partial charge < -0.3 is 10.6 Å². The maximum Gasteiger partial charge on any atom is 0.191 e. The zero-order valence-corrected chi connectivity index (χ0v) is 19.1. The fourth-order valence-electron chi connectivity index (χ4n) is 4.06. The molecule has 0 atom stereocenters. The van der Waals surface area contributed by atoms with Crippen LogP contribution in [0.2, 0.25) is 0 Å². The standard InChI is InChI=1S/C22H28N6.HI/c1-23-22(25-16-21-27-26-20-9-5-6-14-28(20)21)24-15-17-10-12-19(13-11-17)18-7-3-2-4-8-18;/h2-9,14,17,19H,10-13,15-16H2,1H3,(H2,23,24,25);1H. The molecule has 154 valence electrons. The first-order valence-corrected chi connectivity index (χ1v) is 10.1. The molecule has 2 heterocycles. The fraction of sp³-hybridized carbons (Fsp3) is 0.409. The van der Waals surface area contributed by atoms with Crippen molar-refractivity contribution in [1.29, 1.82) is 0 Å². The molecule has 2 N–H and O–H groups in total. The minimum Gasteiger partial charge on any atom is -0.356 e. The Morgan fingerprint density at radius 1 is 1.00 bits per heavy atom. The minimum absolute atomic E-state index is 0. The van der Waals surface area contributed by atoms with E-state index in [1.165, 1.54) is 31.2 Å². The van der Waals surface area contributed by atoms with Gasteiger partial charge in [-0.05, 0) is 55.2 Å². The maximum absolute atomic E-state index is 4.35. The molecular weight excluding hydrogens is 475 g/mol. The third-order valence-electron chi connectivity index (χ3n) is 5.70. The smallest absolute Gasteiger partial charge is 0.191 e. The Morgan fingerprint density at radius 3 is 2.52 bits per heavy atom. The van der Waals surface area contributed by atoms with Crippen LogP contribution in [-0.4, -0.2) is 34.2 Å². The number of guanidine groups is 1. The molecule has 4 rings (SSSR count). The summed E-state index contributed by atoms with van der Waals surface area (Å²) in [6.07, 6.45) is 7.05. The summed E-state index contributed by atoms with van der Waals surface area (Å²) in [4.78, 5) is 4.35. The lowest BCUT2D eigenvalue weighted by Gasteiger charge is -2.29. The number of aliphatic imine (C=N–C) groups is 1. The predicted octanol–water partition coefficient (Wildman–Crippen LogP) is 3.99. The molecule has 3 aromatic rings. The van der Waals surface area contributed by atoms with Crippen LogP contribution in [0.15, 0.2) is 59.7 Å². The molecule has 0 saturated heterocycles. The van der Waals surface area contributed by atoms with Gasteiger partial charge in [0.25, 0.3) is 0 Å². The molecule has 0 amide bonds. The van der Waals surface area contributed by atoms with Crippen molar-refractivity contribution in [2.45, 2.75) is 38.1 Å².